The third kappa shape index (κ3) is 3.21. The second kappa shape index (κ2) is 5.43. The van der Waals surface area contributed by atoms with Crippen LogP contribution in [0.2, 0.25) is 0 Å². The predicted octanol–water partition coefficient (Wildman–Crippen LogP) is 2.04. The summed E-state index contributed by atoms with van der Waals surface area (Å²) in [7, 11) is 0. The molecule has 2 heteroatoms. The van der Waals surface area contributed by atoms with Gasteiger partial charge >= 0.3 is 0 Å². The van der Waals surface area contributed by atoms with Gasteiger partial charge in [0.1, 0.15) is 0 Å². The van der Waals surface area contributed by atoms with Gasteiger partial charge in [0.15, 0.2) is 0 Å². The van der Waals surface area contributed by atoms with E-state index in [4.69, 9.17) is 5.21 Å². The van der Waals surface area contributed by atoms with Gasteiger partial charge in [-0.25, -0.2) is 0 Å². The van der Waals surface area contributed by atoms with E-state index >= 15 is 0 Å². The summed E-state index contributed by atoms with van der Waals surface area (Å²) in [6.45, 7) is 4.01. The highest BCUT2D eigenvalue weighted by Crippen LogP contribution is 2.00. The first-order chi connectivity index (χ1) is 6.74. The van der Waals surface area contributed by atoms with Crippen LogP contribution in [0.15, 0.2) is 30.3 Å². The number of rotatable bonds is 2. The molecule has 0 aliphatic carbocycles. The van der Waals surface area contributed by atoms with Gasteiger partial charge < -0.3 is 5.21 Å². The van der Waals surface area contributed by atoms with Gasteiger partial charge in [-0.3, -0.25) is 0 Å². The third-order valence-corrected chi connectivity index (χ3v) is 1.95. The average Bonchev–Trinajstić information content (AvgIpc) is 2.20. The number of benzene rings is 1. The van der Waals surface area contributed by atoms with Crippen LogP contribution in [0.4, 0.5) is 0 Å². The maximum absolute atomic E-state index is 8.82. The lowest BCUT2D eigenvalue weighted by Crippen LogP contribution is -2.29. The Hall–Kier alpha value is -1.30. The van der Waals surface area contributed by atoms with Crippen LogP contribution in [0, 0.1) is 17.8 Å². The van der Waals surface area contributed by atoms with E-state index in [9.17, 15) is 0 Å². The van der Waals surface area contributed by atoms with E-state index in [1.54, 1.807) is 0 Å². The number of hydrogen-bond acceptors (Lipinski definition) is 2. The summed E-state index contributed by atoms with van der Waals surface area (Å²) >= 11 is 0. The lowest BCUT2D eigenvalue weighted by molar-refractivity contribution is 0.129. The Morgan fingerprint density at radius 2 is 1.86 bits per heavy atom. The molecule has 1 rings (SSSR count). The van der Waals surface area contributed by atoms with Crippen molar-refractivity contribution in [2.24, 2.45) is 5.92 Å². The highest BCUT2D eigenvalue weighted by atomic mass is 16.5. The summed E-state index contributed by atoms with van der Waals surface area (Å²) in [6.07, 6.45) is 0. The molecule has 0 radical (unpaired) electrons. The van der Waals surface area contributed by atoms with Gasteiger partial charge in [-0.1, -0.05) is 43.9 Å². The fourth-order valence-electron chi connectivity index (χ4n) is 1.03. The Labute approximate surface area is 84.9 Å². The first-order valence-electron chi connectivity index (χ1n) is 4.70. The number of nitrogens with one attached hydrogen (secondary N) is 1. The lowest BCUT2D eigenvalue weighted by atomic mass is 10.1. The van der Waals surface area contributed by atoms with E-state index in [1.165, 1.54) is 0 Å². The average molecular weight is 189 g/mol. The summed E-state index contributed by atoms with van der Waals surface area (Å²) in [6, 6.07) is 9.57. The van der Waals surface area contributed by atoms with Crippen LogP contribution in [0.3, 0.4) is 0 Å². The van der Waals surface area contributed by atoms with E-state index < -0.39 is 0 Å². The molecule has 1 aromatic rings. The van der Waals surface area contributed by atoms with Crippen LogP contribution in [-0.4, -0.2) is 11.2 Å². The van der Waals surface area contributed by atoms with Gasteiger partial charge in [0, 0.05) is 5.56 Å². The zero-order valence-electron chi connectivity index (χ0n) is 8.49. The van der Waals surface area contributed by atoms with E-state index in [1.807, 2.05) is 44.2 Å². The molecule has 0 spiro atoms. The minimum atomic E-state index is -0.171. The standard InChI is InChI=1S/C12H15NO/c1-10(2)12(13-14)9-8-11-6-4-3-5-7-11/h3-7,10,12-14H,1-2H3/t12-/m0/s1. The largest absolute Gasteiger partial charge is 0.316 e. The quantitative estimate of drug-likeness (QED) is 0.551. The predicted molar refractivity (Wildman–Crippen MR) is 56.9 cm³/mol. The Kier molecular flexibility index (Phi) is 4.18. The molecule has 0 aromatic heterocycles. The highest BCUT2D eigenvalue weighted by Gasteiger charge is 2.06. The molecule has 1 aromatic carbocycles. The van der Waals surface area contributed by atoms with Crippen LogP contribution in [0.1, 0.15) is 19.4 Å². The Bertz CT molecular complexity index is 321. The maximum Gasteiger partial charge on any atom is 0.0952 e. The molecule has 0 saturated carbocycles. The molecule has 0 bridgehead atoms. The minimum absolute atomic E-state index is 0.171. The lowest BCUT2D eigenvalue weighted by Gasteiger charge is -2.11. The van der Waals surface area contributed by atoms with Gasteiger partial charge in [-0.15, -0.1) is 0 Å². The zero-order valence-corrected chi connectivity index (χ0v) is 8.49. The summed E-state index contributed by atoms with van der Waals surface area (Å²) in [5.41, 5.74) is 3.16. The monoisotopic (exact) mass is 189 g/mol. The van der Waals surface area contributed by atoms with Gasteiger partial charge in [-0.05, 0) is 18.1 Å². The van der Waals surface area contributed by atoms with Gasteiger partial charge in [-0.2, -0.15) is 5.48 Å². The maximum atomic E-state index is 8.82. The topological polar surface area (TPSA) is 32.3 Å². The molecule has 0 heterocycles. The van der Waals surface area contributed by atoms with Gasteiger partial charge in [0.25, 0.3) is 0 Å². The van der Waals surface area contributed by atoms with Crippen molar-refractivity contribution in [3.63, 3.8) is 0 Å². The fraction of sp³-hybridized carbons (Fsp3) is 0.333. The molecular weight excluding hydrogens is 174 g/mol. The molecule has 2 nitrogen and oxygen atoms in total. The normalized spacial score (nSPS) is 12.0. The summed E-state index contributed by atoms with van der Waals surface area (Å²) in [5.74, 6) is 6.27. The SMILES string of the molecule is CC(C)[C@H](C#Cc1ccccc1)NO. The van der Waals surface area contributed by atoms with Crippen molar-refractivity contribution in [2.75, 3.05) is 0 Å². The van der Waals surface area contributed by atoms with E-state index in [0.717, 1.165) is 5.56 Å². The van der Waals surface area contributed by atoms with Crippen molar-refractivity contribution >= 4 is 0 Å². The van der Waals surface area contributed by atoms with Gasteiger partial charge in [0.2, 0.25) is 0 Å². The highest BCUT2D eigenvalue weighted by molar-refractivity contribution is 5.34. The van der Waals surface area contributed by atoms with Crippen LogP contribution >= 0.6 is 0 Å². The smallest absolute Gasteiger partial charge is 0.0952 e. The molecule has 0 amide bonds. The van der Waals surface area contributed by atoms with Crippen molar-refractivity contribution in [3.8, 4) is 11.8 Å². The van der Waals surface area contributed by atoms with Crippen LogP contribution in [0.5, 0.6) is 0 Å². The van der Waals surface area contributed by atoms with Crippen LogP contribution < -0.4 is 5.48 Å². The van der Waals surface area contributed by atoms with E-state index in [0.29, 0.717) is 0 Å². The van der Waals surface area contributed by atoms with Crippen molar-refractivity contribution < 1.29 is 5.21 Å². The third-order valence-electron chi connectivity index (χ3n) is 1.95. The summed E-state index contributed by atoms with van der Waals surface area (Å²) in [5, 5.41) is 8.82. The van der Waals surface area contributed by atoms with Crippen LogP contribution in [-0.2, 0) is 0 Å². The molecule has 74 valence electrons. The Morgan fingerprint density at radius 1 is 1.21 bits per heavy atom. The van der Waals surface area contributed by atoms with Crippen molar-refractivity contribution in [3.05, 3.63) is 35.9 Å². The van der Waals surface area contributed by atoms with Crippen molar-refractivity contribution in [1.29, 1.82) is 0 Å². The summed E-state index contributed by atoms with van der Waals surface area (Å²) in [4.78, 5) is 0. The molecular formula is C12H15NO. The number of hydrogen-bond donors (Lipinski definition) is 2. The first kappa shape index (κ1) is 10.8. The summed E-state index contributed by atoms with van der Waals surface area (Å²) < 4.78 is 0. The first-order valence-corrected chi connectivity index (χ1v) is 4.70. The minimum Gasteiger partial charge on any atom is -0.316 e. The van der Waals surface area contributed by atoms with Gasteiger partial charge in [0.05, 0.1) is 6.04 Å². The second-order valence-corrected chi connectivity index (χ2v) is 3.49. The molecule has 0 saturated heterocycles. The number of hydroxylamine groups is 1. The fourth-order valence-corrected chi connectivity index (χ4v) is 1.03. The Morgan fingerprint density at radius 3 is 2.36 bits per heavy atom. The molecule has 1 atom stereocenters. The molecule has 0 unspecified atom stereocenters. The molecule has 2 N–H and O–H groups in total. The van der Waals surface area contributed by atoms with E-state index in [2.05, 4.69) is 17.3 Å². The molecule has 0 aliphatic heterocycles. The second-order valence-electron chi connectivity index (χ2n) is 3.49. The van der Waals surface area contributed by atoms with E-state index in [-0.39, 0.29) is 12.0 Å². The van der Waals surface area contributed by atoms with Crippen molar-refractivity contribution in [1.82, 2.24) is 5.48 Å². The zero-order chi connectivity index (χ0) is 10.4. The van der Waals surface area contributed by atoms with Crippen LogP contribution in [0.25, 0.3) is 0 Å². The molecule has 0 aliphatic rings. The van der Waals surface area contributed by atoms with Crippen molar-refractivity contribution in [2.45, 2.75) is 19.9 Å². The Balaban J connectivity index is 2.71. The molecule has 0 fully saturated rings. The molecule has 14 heavy (non-hydrogen) atoms.